The molecular formula is C13H16. The molecule has 1 aromatic rings. The van der Waals surface area contributed by atoms with Gasteiger partial charge in [0.2, 0.25) is 0 Å². The van der Waals surface area contributed by atoms with Crippen molar-refractivity contribution in [1.29, 1.82) is 0 Å². The smallest absolute Gasteiger partial charge is 0.0152 e. The molecule has 0 spiro atoms. The Morgan fingerprint density at radius 3 is 2.38 bits per heavy atom. The highest BCUT2D eigenvalue weighted by molar-refractivity contribution is 5.25. The van der Waals surface area contributed by atoms with Crippen molar-refractivity contribution in [3.8, 4) is 12.3 Å². The van der Waals surface area contributed by atoms with Crippen LogP contribution in [-0.4, -0.2) is 0 Å². The standard InChI is InChI=1S/C13H16/c1-4-6-11(3)13-9-7-12(5-2)8-10-13/h1,7-11H,5-6H2,2-3H3. The van der Waals surface area contributed by atoms with Crippen LogP contribution in [0.3, 0.4) is 0 Å². The minimum Gasteiger partial charge on any atom is -0.120 e. The van der Waals surface area contributed by atoms with Crippen molar-refractivity contribution < 1.29 is 0 Å². The van der Waals surface area contributed by atoms with Crippen molar-refractivity contribution in [3.05, 3.63) is 35.4 Å². The normalized spacial score (nSPS) is 12.1. The molecule has 0 saturated heterocycles. The lowest BCUT2D eigenvalue weighted by molar-refractivity contribution is 0.795. The third kappa shape index (κ3) is 2.63. The molecule has 1 rings (SSSR count). The molecule has 0 amide bonds. The molecule has 0 nitrogen and oxygen atoms in total. The van der Waals surface area contributed by atoms with E-state index in [1.54, 1.807) is 0 Å². The monoisotopic (exact) mass is 172 g/mol. The zero-order valence-electron chi connectivity index (χ0n) is 8.38. The van der Waals surface area contributed by atoms with Gasteiger partial charge >= 0.3 is 0 Å². The van der Waals surface area contributed by atoms with Crippen molar-refractivity contribution >= 4 is 0 Å². The Labute approximate surface area is 81.0 Å². The molecule has 68 valence electrons. The van der Waals surface area contributed by atoms with Gasteiger partial charge in [-0.3, -0.25) is 0 Å². The van der Waals surface area contributed by atoms with Gasteiger partial charge in [-0.25, -0.2) is 0 Å². The van der Waals surface area contributed by atoms with E-state index in [0.717, 1.165) is 12.8 Å². The van der Waals surface area contributed by atoms with Crippen LogP contribution >= 0.6 is 0 Å². The number of hydrogen-bond donors (Lipinski definition) is 0. The summed E-state index contributed by atoms with van der Waals surface area (Å²) in [6.45, 7) is 4.33. The Morgan fingerprint density at radius 1 is 1.31 bits per heavy atom. The highest BCUT2D eigenvalue weighted by Gasteiger charge is 2.02. The Morgan fingerprint density at radius 2 is 1.92 bits per heavy atom. The number of hydrogen-bond acceptors (Lipinski definition) is 0. The maximum atomic E-state index is 5.27. The number of terminal acetylenes is 1. The second-order valence-corrected chi connectivity index (χ2v) is 3.40. The van der Waals surface area contributed by atoms with Gasteiger partial charge in [-0.1, -0.05) is 38.1 Å². The molecule has 0 saturated carbocycles. The van der Waals surface area contributed by atoms with E-state index in [-0.39, 0.29) is 0 Å². The van der Waals surface area contributed by atoms with Crippen LogP contribution in [0, 0.1) is 12.3 Å². The molecule has 1 atom stereocenters. The first-order chi connectivity index (χ1) is 6.27. The fraction of sp³-hybridized carbons (Fsp3) is 0.385. The van der Waals surface area contributed by atoms with Crippen LogP contribution in [0.5, 0.6) is 0 Å². The molecule has 0 aromatic heterocycles. The highest BCUT2D eigenvalue weighted by Crippen LogP contribution is 2.18. The first kappa shape index (κ1) is 9.86. The Bertz CT molecular complexity index is 287. The molecule has 0 aliphatic carbocycles. The molecule has 0 aliphatic rings. The molecule has 13 heavy (non-hydrogen) atoms. The van der Waals surface area contributed by atoms with Gasteiger partial charge in [-0.15, -0.1) is 12.3 Å². The Hall–Kier alpha value is -1.22. The van der Waals surface area contributed by atoms with Crippen molar-refractivity contribution in [1.82, 2.24) is 0 Å². The summed E-state index contributed by atoms with van der Waals surface area (Å²) in [4.78, 5) is 0. The zero-order valence-corrected chi connectivity index (χ0v) is 8.38. The largest absolute Gasteiger partial charge is 0.120 e. The van der Waals surface area contributed by atoms with Crippen LogP contribution in [-0.2, 0) is 6.42 Å². The van der Waals surface area contributed by atoms with Crippen molar-refractivity contribution in [2.45, 2.75) is 32.6 Å². The Kier molecular flexibility index (Phi) is 3.58. The van der Waals surface area contributed by atoms with E-state index >= 15 is 0 Å². The molecule has 1 unspecified atom stereocenters. The van der Waals surface area contributed by atoms with E-state index in [0.29, 0.717) is 5.92 Å². The van der Waals surface area contributed by atoms with Gasteiger partial charge in [0.25, 0.3) is 0 Å². The third-order valence-corrected chi connectivity index (χ3v) is 2.38. The minimum atomic E-state index is 0.482. The van der Waals surface area contributed by atoms with Gasteiger partial charge in [-0.2, -0.15) is 0 Å². The number of aryl methyl sites for hydroxylation is 1. The predicted octanol–water partition coefficient (Wildman–Crippen LogP) is 3.38. The second kappa shape index (κ2) is 4.72. The van der Waals surface area contributed by atoms with Crippen LogP contribution in [0.4, 0.5) is 0 Å². The van der Waals surface area contributed by atoms with E-state index in [1.165, 1.54) is 11.1 Å². The molecule has 0 fully saturated rings. The number of benzene rings is 1. The van der Waals surface area contributed by atoms with Gasteiger partial charge in [0.05, 0.1) is 0 Å². The molecule has 1 aromatic carbocycles. The molecule has 0 aliphatic heterocycles. The first-order valence-electron chi connectivity index (χ1n) is 4.80. The molecule has 0 heteroatoms. The average molecular weight is 172 g/mol. The van der Waals surface area contributed by atoms with Gasteiger partial charge in [-0.05, 0) is 23.5 Å². The van der Waals surface area contributed by atoms with Gasteiger partial charge in [0.1, 0.15) is 0 Å². The summed E-state index contributed by atoms with van der Waals surface area (Å²) in [5.41, 5.74) is 2.73. The maximum Gasteiger partial charge on any atom is 0.0152 e. The van der Waals surface area contributed by atoms with E-state index < -0.39 is 0 Å². The first-order valence-corrected chi connectivity index (χ1v) is 4.80. The average Bonchev–Trinajstić information content (AvgIpc) is 2.18. The molecule has 0 bridgehead atoms. The summed E-state index contributed by atoms with van der Waals surface area (Å²) in [6, 6.07) is 8.73. The zero-order chi connectivity index (χ0) is 9.68. The lowest BCUT2D eigenvalue weighted by atomic mass is 9.97. The van der Waals surface area contributed by atoms with Crippen LogP contribution < -0.4 is 0 Å². The summed E-state index contributed by atoms with van der Waals surface area (Å²) in [6.07, 6.45) is 7.20. The summed E-state index contributed by atoms with van der Waals surface area (Å²) in [7, 11) is 0. The highest BCUT2D eigenvalue weighted by atomic mass is 14.1. The lowest BCUT2D eigenvalue weighted by Crippen LogP contribution is -1.92. The quantitative estimate of drug-likeness (QED) is 0.613. The van der Waals surface area contributed by atoms with Crippen molar-refractivity contribution in [2.24, 2.45) is 0 Å². The van der Waals surface area contributed by atoms with E-state index in [2.05, 4.69) is 44.0 Å². The van der Waals surface area contributed by atoms with Crippen molar-refractivity contribution in [3.63, 3.8) is 0 Å². The van der Waals surface area contributed by atoms with E-state index in [1.807, 2.05) is 0 Å². The fourth-order valence-corrected chi connectivity index (χ4v) is 1.38. The summed E-state index contributed by atoms with van der Waals surface area (Å²) >= 11 is 0. The van der Waals surface area contributed by atoms with Crippen LogP contribution in [0.25, 0.3) is 0 Å². The van der Waals surface area contributed by atoms with Crippen molar-refractivity contribution in [2.75, 3.05) is 0 Å². The van der Waals surface area contributed by atoms with Gasteiger partial charge in [0, 0.05) is 6.42 Å². The molecule has 0 heterocycles. The van der Waals surface area contributed by atoms with Crippen LogP contribution in [0.15, 0.2) is 24.3 Å². The lowest BCUT2D eigenvalue weighted by Gasteiger charge is -2.08. The van der Waals surface area contributed by atoms with E-state index in [4.69, 9.17) is 6.42 Å². The summed E-state index contributed by atoms with van der Waals surface area (Å²) in [5, 5.41) is 0. The second-order valence-electron chi connectivity index (χ2n) is 3.40. The molecule has 0 radical (unpaired) electrons. The Balaban J connectivity index is 2.74. The van der Waals surface area contributed by atoms with Crippen LogP contribution in [0.1, 0.15) is 37.3 Å². The topological polar surface area (TPSA) is 0 Å². The molecule has 0 N–H and O–H groups in total. The third-order valence-electron chi connectivity index (χ3n) is 2.38. The van der Waals surface area contributed by atoms with Gasteiger partial charge < -0.3 is 0 Å². The van der Waals surface area contributed by atoms with Crippen LogP contribution in [0.2, 0.25) is 0 Å². The fourth-order valence-electron chi connectivity index (χ4n) is 1.38. The molecular weight excluding hydrogens is 156 g/mol. The number of rotatable bonds is 3. The van der Waals surface area contributed by atoms with Gasteiger partial charge in [0.15, 0.2) is 0 Å². The predicted molar refractivity (Wildman–Crippen MR) is 57.7 cm³/mol. The SMILES string of the molecule is C#CCC(C)c1ccc(CC)cc1. The minimum absolute atomic E-state index is 0.482. The maximum absolute atomic E-state index is 5.27. The summed E-state index contributed by atoms with van der Waals surface area (Å²) < 4.78 is 0. The summed E-state index contributed by atoms with van der Waals surface area (Å²) in [5.74, 6) is 3.18. The van der Waals surface area contributed by atoms with E-state index in [9.17, 15) is 0 Å².